The first kappa shape index (κ1) is 47.4. The molecule has 4 aromatic heterocycles. The number of nitrogens with zero attached hydrogens (tertiary/aromatic N) is 2. The fourth-order valence-electron chi connectivity index (χ4n) is 11.1. The number of fused-ring (bicyclic) bond motifs is 12. The van der Waals surface area contributed by atoms with Crippen molar-refractivity contribution < 1.29 is 8.83 Å². The van der Waals surface area contributed by atoms with E-state index in [4.69, 9.17) is 14.6 Å². The number of hydrogen-bond acceptors (Lipinski definition) is 4. The molecule has 4 heterocycles. The molecule has 7 heteroatoms. The smallest absolute Gasteiger partial charge is 0.135 e. The summed E-state index contributed by atoms with van der Waals surface area (Å²) in [4.78, 5) is 0. The molecule has 0 aliphatic carbocycles. The number of rotatable bonds is 6. The van der Waals surface area contributed by atoms with Crippen LogP contribution < -0.4 is 11.1 Å². The van der Waals surface area contributed by atoms with E-state index in [1.54, 1.807) is 0 Å². The van der Waals surface area contributed by atoms with Crippen LogP contribution in [-0.4, -0.2) is 9.13 Å². The van der Waals surface area contributed by atoms with Gasteiger partial charge in [0.05, 0.1) is 22.1 Å². The van der Waals surface area contributed by atoms with Crippen molar-refractivity contribution in [3.05, 3.63) is 284 Å². The second kappa shape index (κ2) is 20.1. The number of aromatic nitrogens is 2. The van der Waals surface area contributed by atoms with Gasteiger partial charge in [-0.3, -0.25) is 0 Å². The van der Waals surface area contributed by atoms with Crippen LogP contribution in [-0.2, 0) is 0 Å². The third-order valence-corrected chi connectivity index (χ3v) is 15.4. The molecule has 0 atom stereocenters. The number of furan rings is 2. The Morgan fingerprint density at radius 2 is 0.684 bits per heavy atom. The number of para-hydroxylation sites is 6. The Morgan fingerprint density at radius 3 is 1.22 bits per heavy atom. The predicted octanol–water partition coefficient (Wildman–Crippen LogP) is 20.5. The minimum absolute atomic E-state index is 0.768. The molecule has 0 fully saturated rings. The fourth-order valence-corrected chi connectivity index (χ4v) is 11.4. The maximum absolute atomic E-state index is 5.98. The topological polar surface area (TPSA) is 74.2 Å². The van der Waals surface area contributed by atoms with Gasteiger partial charge in [0.25, 0.3) is 0 Å². The first-order chi connectivity index (χ1) is 39.0. The molecule has 3 N–H and O–H groups in total. The van der Waals surface area contributed by atoms with Gasteiger partial charge in [-0.15, -0.1) is 0 Å². The van der Waals surface area contributed by atoms with Gasteiger partial charge in [0.1, 0.15) is 22.3 Å². The van der Waals surface area contributed by atoms with E-state index < -0.39 is 0 Å². The van der Waals surface area contributed by atoms with E-state index in [1.807, 2.05) is 66.7 Å². The van der Waals surface area contributed by atoms with Crippen LogP contribution in [0, 0.1) is 0 Å². The van der Waals surface area contributed by atoms with Crippen LogP contribution in [0.3, 0.4) is 0 Å². The molecule has 79 heavy (non-hydrogen) atoms. The van der Waals surface area contributed by atoms with Crippen LogP contribution in [0.2, 0.25) is 0 Å². The van der Waals surface area contributed by atoms with Gasteiger partial charge in [-0.2, -0.15) is 0 Å². The molecule has 0 spiro atoms. The summed E-state index contributed by atoms with van der Waals surface area (Å²) in [5.74, 6) is 0. The molecular formula is C72H49BrN4O2. The van der Waals surface area contributed by atoms with Gasteiger partial charge in [-0.25, -0.2) is 0 Å². The lowest BCUT2D eigenvalue weighted by Gasteiger charge is -2.09. The Labute approximate surface area is 463 Å². The van der Waals surface area contributed by atoms with Crippen LogP contribution in [0.5, 0.6) is 0 Å². The molecule has 0 aliphatic heterocycles. The Kier molecular flexibility index (Phi) is 12.1. The molecular weight excluding hydrogens is 1030 g/mol. The maximum atomic E-state index is 5.98. The van der Waals surface area contributed by atoms with Crippen molar-refractivity contribution in [1.82, 2.24) is 9.13 Å². The van der Waals surface area contributed by atoms with Gasteiger partial charge < -0.3 is 29.0 Å². The molecule has 16 aromatic rings. The Hall–Kier alpha value is -10.1. The van der Waals surface area contributed by atoms with Gasteiger partial charge in [-0.1, -0.05) is 162 Å². The number of halogens is 1. The summed E-state index contributed by atoms with van der Waals surface area (Å²) in [6, 6.07) is 97.2. The highest BCUT2D eigenvalue weighted by Crippen LogP contribution is 2.38. The molecule has 0 saturated heterocycles. The Bertz CT molecular complexity index is 4880. The van der Waals surface area contributed by atoms with Crippen molar-refractivity contribution in [2.75, 3.05) is 11.1 Å². The van der Waals surface area contributed by atoms with E-state index in [1.165, 1.54) is 77.2 Å². The minimum Gasteiger partial charge on any atom is -0.456 e. The van der Waals surface area contributed by atoms with E-state index >= 15 is 0 Å². The molecule has 376 valence electrons. The Balaban J connectivity index is 0.000000120. The molecule has 0 saturated carbocycles. The third-order valence-electron chi connectivity index (χ3n) is 14.8. The van der Waals surface area contributed by atoms with Crippen LogP contribution >= 0.6 is 15.9 Å². The summed E-state index contributed by atoms with van der Waals surface area (Å²) in [5.41, 5.74) is 24.3. The van der Waals surface area contributed by atoms with Crippen molar-refractivity contribution in [3.63, 3.8) is 0 Å². The van der Waals surface area contributed by atoms with Gasteiger partial charge in [0.2, 0.25) is 0 Å². The summed E-state index contributed by atoms with van der Waals surface area (Å²) < 4.78 is 17.4. The number of hydrogen-bond donors (Lipinski definition) is 2. The highest BCUT2D eigenvalue weighted by atomic mass is 79.9. The van der Waals surface area contributed by atoms with E-state index in [0.717, 1.165) is 65.4 Å². The largest absolute Gasteiger partial charge is 0.456 e. The third kappa shape index (κ3) is 8.92. The van der Waals surface area contributed by atoms with E-state index in [9.17, 15) is 0 Å². The van der Waals surface area contributed by atoms with Gasteiger partial charge in [0, 0.05) is 76.0 Å². The minimum atomic E-state index is 0.768. The zero-order valence-corrected chi connectivity index (χ0v) is 44.3. The van der Waals surface area contributed by atoms with E-state index in [2.05, 4.69) is 243 Å². The maximum Gasteiger partial charge on any atom is 0.135 e. The Morgan fingerprint density at radius 1 is 0.291 bits per heavy atom. The lowest BCUT2D eigenvalue weighted by Crippen LogP contribution is -1.92. The van der Waals surface area contributed by atoms with Crippen molar-refractivity contribution in [3.8, 4) is 33.6 Å². The molecule has 12 aromatic carbocycles. The van der Waals surface area contributed by atoms with Gasteiger partial charge in [-0.05, 0) is 156 Å². The molecule has 6 nitrogen and oxygen atoms in total. The second-order valence-electron chi connectivity index (χ2n) is 19.7. The van der Waals surface area contributed by atoms with Crippen molar-refractivity contribution in [2.24, 2.45) is 0 Å². The average Bonchev–Trinajstić information content (AvgIpc) is 4.41. The summed E-state index contributed by atoms with van der Waals surface area (Å²) in [7, 11) is 0. The van der Waals surface area contributed by atoms with Crippen molar-refractivity contribution in [1.29, 1.82) is 0 Å². The number of benzene rings is 12. The number of anilines is 3. The zero-order valence-electron chi connectivity index (χ0n) is 42.7. The number of nitrogen functional groups attached to an aromatic ring is 1. The standard InChI is InChI=1S/C36H24N2O.C24H16BrN.C12H9NO/c1-2-8-28(9-3-1)38-33-12-6-4-10-29(33)31-22-25(16-20-34(31)38)24-14-17-26(18-15-24)37-27-19-21-36-32(23-27)30-11-5-7-13-35(30)39-36;25-19-13-10-17(11-14-19)18-12-15-24-22(16-18)21-8-4-5-9-23(21)26(24)20-6-2-1-3-7-20;13-8-5-6-12-10(7-8)9-3-1-2-4-11(9)14-12/h1-23,37H;1-16H;1-7H,13H2. The fraction of sp³-hybridized carbons (Fsp3) is 0. The monoisotopic (exact) mass is 1080 g/mol. The first-order valence-electron chi connectivity index (χ1n) is 26.4. The first-order valence-corrected chi connectivity index (χ1v) is 27.2. The summed E-state index contributed by atoms with van der Waals surface area (Å²) in [6.45, 7) is 0. The molecule has 16 rings (SSSR count). The van der Waals surface area contributed by atoms with Crippen LogP contribution in [0.1, 0.15) is 0 Å². The molecule has 0 bridgehead atoms. The highest BCUT2D eigenvalue weighted by molar-refractivity contribution is 9.10. The molecule has 0 aliphatic rings. The predicted molar refractivity (Wildman–Crippen MR) is 335 cm³/mol. The van der Waals surface area contributed by atoms with Gasteiger partial charge >= 0.3 is 0 Å². The average molecular weight is 1080 g/mol. The molecule has 0 radical (unpaired) electrons. The SMILES string of the molecule is Brc1ccc(-c2ccc3c(c2)c2ccccc2n3-c2ccccc2)cc1.Nc1ccc2oc3ccccc3c2c1.c1ccc(-n2c3ccccc3c3cc(-c4ccc(Nc5ccc6oc7ccccc7c6c5)cc4)ccc32)cc1. The summed E-state index contributed by atoms with van der Waals surface area (Å²) >= 11 is 3.52. The van der Waals surface area contributed by atoms with Crippen molar-refractivity contribution >= 4 is 120 Å². The molecule has 0 amide bonds. The normalized spacial score (nSPS) is 11.4. The molecule has 0 unspecified atom stereocenters. The number of nitrogens with one attached hydrogen (secondary N) is 1. The van der Waals surface area contributed by atoms with Crippen LogP contribution in [0.15, 0.2) is 292 Å². The highest BCUT2D eigenvalue weighted by Gasteiger charge is 2.15. The number of nitrogens with two attached hydrogens (primary N) is 1. The zero-order chi connectivity index (χ0) is 52.8. The van der Waals surface area contributed by atoms with Crippen molar-refractivity contribution in [2.45, 2.75) is 0 Å². The quantitative estimate of drug-likeness (QED) is 0.163. The summed E-state index contributed by atoms with van der Waals surface area (Å²) in [5, 5.41) is 13.1. The van der Waals surface area contributed by atoms with Gasteiger partial charge in [0.15, 0.2) is 0 Å². The van der Waals surface area contributed by atoms with Crippen LogP contribution in [0.4, 0.5) is 17.1 Å². The van der Waals surface area contributed by atoms with Crippen LogP contribution in [0.25, 0.3) is 121 Å². The van der Waals surface area contributed by atoms with E-state index in [0.29, 0.717) is 0 Å². The summed E-state index contributed by atoms with van der Waals surface area (Å²) in [6.07, 6.45) is 0. The second-order valence-corrected chi connectivity index (χ2v) is 20.6. The lowest BCUT2D eigenvalue weighted by molar-refractivity contribution is 0.668. The van der Waals surface area contributed by atoms with E-state index in [-0.39, 0.29) is 0 Å². The lowest BCUT2D eigenvalue weighted by atomic mass is 10.0.